The van der Waals surface area contributed by atoms with E-state index in [1.54, 1.807) is 36.4 Å². The van der Waals surface area contributed by atoms with Gasteiger partial charge in [0.05, 0.1) is 12.1 Å². The second-order valence-electron chi connectivity index (χ2n) is 6.97. The first kappa shape index (κ1) is 18.6. The number of urea groups is 1. The molecule has 2 aromatic carbocycles. The lowest BCUT2D eigenvalue weighted by atomic mass is 10.1. The molecule has 140 valence electrons. The van der Waals surface area contributed by atoms with Gasteiger partial charge in [0, 0.05) is 12.2 Å². The molecule has 2 aromatic rings. The second-order valence-corrected chi connectivity index (χ2v) is 6.97. The minimum Gasteiger partial charge on any atom is -0.326 e. The highest BCUT2D eigenvalue weighted by molar-refractivity contribution is 6.22. The van der Waals surface area contributed by atoms with Crippen molar-refractivity contribution < 1.29 is 14.4 Å². The predicted octanol–water partition coefficient (Wildman–Crippen LogP) is 3.51. The number of benzene rings is 2. The molecule has 1 heterocycles. The van der Waals surface area contributed by atoms with Gasteiger partial charge in [0.2, 0.25) is 5.91 Å². The van der Waals surface area contributed by atoms with E-state index in [-0.39, 0.29) is 30.2 Å². The summed E-state index contributed by atoms with van der Waals surface area (Å²) in [6, 6.07) is 16.7. The lowest BCUT2D eigenvalue weighted by Gasteiger charge is -2.23. The number of amides is 4. The molecule has 1 N–H and O–H groups in total. The van der Waals surface area contributed by atoms with E-state index in [9.17, 15) is 14.4 Å². The van der Waals surface area contributed by atoms with Crippen molar-refractivity contribution in [3.63, 3.8) is 0 Å². The number of carbonyl (C=O) groups is 3. The number of hydrogen-bond acceptors (Lipinski definition) is 3. The summed E-state index contributed by atoms with van der Waals surface area (Å²) >= 11 is 0. The molecule has 1 fully saturated rings. The Morgan fingerprint density at radius 3 is 2.19 bits per heavy atom. The molecule has 1 saturated heterocycles. The van der Waals surface area contributed by atoms with Gasteiger partial charge in [-0.1, -0.05) is 50.2 Å². The first-order valence-electron chi connectivity index (χ1n) is 9.02. The van der Waals surface area contributed by atoms with Crippen LogP contribution in [0.2, 0.25) is 0 Å². The standard InChI is InChI=1S/C21H23N3O3/c1-15(2)14-23-18(13-19(25)22-16-9-5-3-6-10-16)20(26)24(21(23)27)17-11-7-4-8-12-17/h3-12,15,18H,13-14H2,1-2H3,(H,22,25)/t18-/m1/s1. The van der Waals surface area contributed by atoms with Gasteiger partial charge in [0.15, 0.2) is 0 Å². The van der Waals surface area contributed by atoms with Gasteiger partial charge in [-0.3, -0.25) is 9.59 Å². The average Bonchev–Trinajstić information content (AvgIpc) is 2.87. The van der Waals surface area contributed by atoms with Crippen molar-refractivity contribution in [2.75, 3.05) is 16.8 Å². The van der Waals surface area contributed by atoms with Gasteiger partial charge in [-0.25, -0.2) is 9.69 Å². The van der Waals surface area contributed by atoms with Crippen LogP contribution in [-0.4, -0.2) is 35.3 Å². The Morgan fingerprint density at radius 2 is 1.59 bits per heavy atom. The largest absolute Gasteiger partial charge is 0.332 e. The summed E-state index contributed by atoms with van der Waals surface area (Å²) in [6.45, 7) is 4.37. The number of rotatable bonds is 6. The smallest absolute Gasteiger partial charge is 0.326 e. The fourth-order valence-electron chi connectivity index (χ4n) is 3.16. The molecule has 0 aromatic heterocycles. The van der Waals surface area contributed by atoms with E-state index in [0.29, 0.717) is 17.9 Å². The van der Waals surface area contributed by atoms with Crippen molar-refractivity contribution in [2.45, 2.75) is 26.3 Å². The number of nitrogens with zero attached hydrogens (tertiary/aromatic N) is 2. The Morgan fingerprint density at radius 1 is 1.00 bits per heavy atom. The zero-order chi connectivity index (χ0) is 19.4. The first-order valence-corrected chi connectivity index (χ1v) is 9.02. The summed E-state index contributed by atoms with van der Waals surface area (Å²) in [4.78, 5) is 41.0. The van der Waals surface area contributed by atoms with Crippen LogP contribution in [0.25, 0.3) is 0 Å². The third-order valence-corrected chi connectivity index (χ3v) is 4.33. The molecular formula is C21H23N3O3. The molecule has 1 aliphatic rings. The number of para-hydroxylation sites is 2. The highest BCUT2D eigenvalue weighted by Crippen LogP contribution is 2.27. The van der Waals surface area contributed by atoms with E-state index in [2.05, 4.69) is 5.32 Å². The topological polar surface area (TPSA) is 69.7 Å². The molecule has 0 radical (unpaired) electrons. The van der Waals surface area contributed by atoms with Gasteiger partial charge < -0.3 is 10.2 Å². The molecule has 3 rings (SSSR count). The molecule has 1 aliphatic heterocycles. The minimum atomic E-state index is -0.802. The lowest BCUT2D eigenvalue weighted by molar-refractivity contribution is -0.124. The monoisotopic (exact) mass is 365 g/mol. The van der Waals surface area contributed by atoms with Crippen LogP contribution in [0.5, 0.6) is 0 Å². The lowest BCUT2D eigenvalue weighted by Crippen LogP contribution is -2.40. The molecule has 27 heavy (non-hydrogen) atoms. The van der Waals surface area contributed by atoms with Gasteiger partial charge in [-0.15, -0.1) is 0 Å². The molecular weight excluding hydrogens is 342 g/mol. The van der Waals surface area contributed by atoms with Crippen LogP contribution < -0.4 is 10.2 Å². The number of nitrogens with one attached hydrogen (secondary N) is 1. The molecule has 0 saturated carbocycles. The molecule has 0 unspecified atom stereocenters. The summed E-state index contributed by atoms with van der Waals surface area (Å²) in [5.74, 6) is -0.483. The Balaban J connectivity index is 1.81. The maximum Gasteiger partial charge on any atom is 0.332 e. The van der Waals surface area contributed by atoms with Crippen LogP contribution in [0.15, 0.2) is 60.7 Å². The van der Waals surface area contributed by atoms with Crippen molar-refractivity contribution >= 4 is 29.2 Å². The Kier molecular flexibility index (Phi) is 5.54. The summed E-state index contributed by atoms with van der Waals surface area (Å²) < 4.78 is 0. The minimum absolute atomic E-state index is 0.0739. The Hall–Kier alpha value is -3.15. The van der Waals surface area contributed by atoms with Gasteiger partial charge >= 0.3 is 6.03 Å². The zero-order valence-electron chi connectivity index (χ0n) is 15.5. The fraction of sp³-hybridized carbons (Fsp3) is 0.286. The zero-order valence-corrected chi connectivity index (χ0v) is 15.5. The number of carbonyl (C=O) groups excluding carboxylic acids is 3. The third-order valence-electron chi connectivity index (χ3n) is 4.33. The number of hydrogen-bond donors (Lipinski definition) is 1. The molecule has 0 bridgehead atoms. The van der Waals surface area contributed by atoms with Gasteiger partial charge in [0.1, 0.15) is 6.04 Å². The normalized spacial score (nSPS) is 16.9. The molecule has 0 aliphatic carbocycles. The number of imide groups is 1. The Bertz CT molecular complexity index is 821. The van der Waals surface area contributed by atoms with E-state index in [4.69, 9.17) is 0 Å². The molecule has 4 amide bonds. The van der Waals surface area contributed by atoms with E-state index < -0.39 is 6.04 Å². The SMILES string of the molecule is CC(C)CN1C(=O)N(c2ccccc2)C(=O)[C@H]1CC(=O)Nc1ccccc1. The van der Waals surface area contributed by atoms with Gasteiger partial charge in [-0.05, 0) is 30.2 Å². The summed E-state index contributed by atoms with van der Waals surface area (Å²) in [5, 5.41) is 2.79. The van der Waals surface area contributed by atoms with Gasteiger partial charge in [-0.2, -0.15) is 0 Å². The summed E-state index contributed by atoms with van der Waals surface area (Å²) in [6.07, 6.45) is -0.0739. The van der Waals surface area contributed by atoms with E-state index in [0.717, 1.165) is 0 Å². The van der Waals surface area contributed by atoms with Crippen molar-refractivity contribution in [1.82, 2.24) is 4.90 Å². The maximum atomic E-state index is 13.0. The van der Waals surface area contributed by atoms with E-state index in [1.807, 2.05) is 38.1 Å². The van der Waals surface area contributed by atoms with Crippen LogP contribution in [0.1, 0.15) is 20.3 Å². The van der Waals surface area contributed by atoms with Gasteiger partial charge in [0.25, 0.3) is 5.91 Å². The quantitative estimate of drug-likeness (QED) is 0.797. The van der Waals surface area contributed by atoms with Crippen LogP contribution >= 0.6 is 0 Å². The fourth-order valence-corrected chi connectivity index (χ4v) is 3.16. The number of anilines is 2. The highest BCUT2D eigenvalue weighted by atomic mass is 16.2. The van der Waals surface area contributed by atoms with Crippen LogP contribution in [0.4, 0.5) is 16.2 Å². The van der Waals surface area contributed by atoms with Crippen LogP contribution in [0, 0.1) is 5.92 Å². The van der Waals surface area contributed by atoms with Crippen LogP contribution in [0.3, 0.4) is 0 Å². The molecule has 0 spiro atoms. The predicted molar refractivity (Wildman–Crippen MR) is 104 cm³/mol. The van der Waals surface area contributed by atoms with Crippen molar-refractivity contribution in [1.29, 1.82) is 0 Å². The average molecular weight is 365 g/mol. The van der Waals surface area contributed by atoms with Crippen LogP contribution in [-0.2, 0) is 9.59 Å². The molecule has 6 heteroatoms. The molecule has 6 nitrogen and oxygen atoms in total. The third kappa shape index (κ3) is 4.16. The first-order chi connectivity index (χ1) is 13.0. The summed E-state index contributed by atoms with van der Waals surface area (Å²) in [5.41, 5.74) is 1.18. The van der Waals surface area contributed by atoms with Crippen molar-refractivity contribution in [3.8, 4) is 0 Å². The van der Waals surface area contributed by atoms with E-state index in [1.165, 1.54) is 9.80 Å². The second kappa shape index (κ2) is 8.03. The van der Waals surface area contributed by atoms with E-state index >= 15 is 0 Å². The molecule has 1 atom stereocenters. The summed E-state index contributed by atoms with van der Waals surface area (Å²) in [7, 11) is 0. The maximum absolute atomic E-state index is 13.0. The Labute approximate surface area is 158 Å². The van der Waals surface area contributed by atoms with Crippen molar-refractivity contribution in [2.24, 2.45) is 5.92 Å². The van der Waals surface area contributed by atoms with Crippen molar-refractivity contribution in [3.05, 3.63) is 60.7 Å². The highest BCUT2D eigenvalue weighted by Gasteiger charge is 2.46.